The number of benzene rings is 2. The number of hydrogen-bond donors (Lipinski definition) is 0. The molecule has 0 atom stereocenters. The normalized spacial score (nSPS) is 10.9. The van der Waals surface area contributed by atoms with Gasteiger partial charge in [0, 0.05) is 28.6 Å². The van der Waals surface area contributed by atoms with Crippen molar-refractivity contribution in [3.05, 3.63) is 50.1 Å². The van der Waals surface area contributed by atoms with Crippen LogP contribution in [0.3, 0.4) is 0 Å². The lowest BCUT2D eigenvalue weighted by molar-refractivity contribution is 0.215. The van der Waals surface area contributed by atoms with Crippen LogP contribution < -0.4 is 9.47 Å². The lowest BCUT2D eigenvalue weighted by atomic mass is 10.2. The smallest absolute Gasteiger partial charge is 0.135 e. The van der Waals surface area contributed by atoms with Gasteiger partial charge in [-0.25, -0.2) is 0 Å². The zero-order valence-electron chi connectivity index (χ0n) is 12.8. The molecule has 0 aromatic heterocycles. The second-order valence-electron chi connectivity index (χ2n) is 4.89. The topological polar surface area (TPSA) is 18.5 Å². The van der Waals surface area contributed by atoms with Crippen LogP contribution in [0.15, 0.2) is 39.0 Å². The lowest BCUT2D eigenvalue weighted by Crippen LogP contribution is -2.10. The molecule has 0 unspecified atom stereocenters. The maximum atomic E-state index is 5.90. The van der Waals surface area contributed by atoms with Crippen LogP contribution in [0.2, 0.25) is 0 Å². The molecule has 142 valence electrons. The van der Waals surface area contributed by atoms with Gasteiger partial charge in [-0.2, -0.15) is 0 Å². The molecule has 2 nitrogen and oxygen atoms in total. The SMILES string of the molecule is BrCc1c(Br)c(Br)cc(OCCOc2cc(Br)c(Br)c(CBr)c2Br)c1Br. The first-order valence-electron chi connectivity index (χ1n) is 7.02. The van der Waals surface area contributed by atoms with Crippen molar-refractivity contribution in [3.8, 4) is 11.5 Å². The molecule has 0 saturated carbocycles. The highest BCUT2D eigenvalue weighted by Gasteiger charge is 2.16. The van der Waals surface area contributed by atoms with Crippen molar-refractivity contribution in [3.63, 3.8) is 0 Å². The summed E-state index contributed by atoms with van der Waals surface area (Å²) >= 11 is 28.4. The van der Waals surface area contributed by atoms with Crippen LogP contribution >= 0.6 is 127 Å². The van der Waals surface area contributed by atoms with Crippen LogP contribution in [-0.2, 0) is 10.7 Å². The molecule has 0 aliphatic carbocycles. The Balaban J connectivity index is 2.07. The first kappa shape index (κ1) is 24.2. The van der Waals surface area contributed by atoms with Crippen LogP contribution in [-0.4, -0.2) is 13.2 Å². The predicted octanol–water partition coefficient (Wildman–Crippen LogP) is 9.51. The van der Waals surface area contributed by atoms with Crippen molar-refractivity contribution in [2.45, 2.75) is 10.7 Å². The van der Waals surface area contributed by atoms with Gasteiger partial charge in [0.05, 0.1) is 8.95 Å². The second kappa shape index (κ2) is 11.3. The maximum absolute atomic E-state index is 5.90. The molecule has 0 saturated heterocycles. The Morgan fingerprint density at radius 1 is 0.577 bits per heavy atom. The van der Waals surface area contributed by atoms with E-state index in [0.29, 0.717) is 23.9 Å². The van der Waals surface area contributed by atoms with E-state index in [1.165, 1.54) is 0 Å². The number of hydrogen-bond acceptors (Lipinski definition) is 2. The van der Waals surface area contributed by atoms with Crippen molar-refractivity contribution in [2.24, 2.45) is 0 Å². The molecule has 0 aliphatic rings. The van der Waals surface area contributed by atoms with Crippen LogP contribution in [0, 0.1) is 0 Å². The number of ether oxygens (including phenoxy) is 2. The van der Waals surface area contributed by atoms with Gasteiger partial charge in [-0.05, 0) is 119 Å². The average Bonchev–Trinajstić information content (AvgIpc) is 2.61. The highest BCUT2D eigenvalue weighted by molar-refractivity contribution is 9.13. The summed E-state index contributed by atoms with van der Waals surface area (Å²) < 4.78 is 17.5. The third kappa shape index (κ3) is 5.73. The average molecular weight is 873 g/mol. The second-order valence-corrected chi connectivity index (χ2v) is 10.9. The largest absolute Gasteiger partial charge is 0.489 e. The van der Waals surface area contributed by atoms with Crippen molar-refractivity contribution >= 4 is 127 Å². The van der Waals surface area contributed by atoms with E-state index in [2.05, 4.69) is 127 Å². The molecule has 26 heavy (non-hydrogen) atoms. The summed E-state index contributed by atoms with van der Waals surface area (Å²) in [4.78, 5) is 0. The van der Waals surface area contributed by atoms with E-state index in [1.807, 2.05) is 12.1 Å². The molecule has 0 fully saturated rings. The predicted molar refractivity (Wildman–Crippen MR) is 135 cm³/mol. The molecular weight excluding hydrogens is 863 g/mol. The zero-order chi connectivity index (χ0) is 19.4. The molecule has 0 bridgehead atoms. The zero-order valence-corrected chi connectivity index (χ0v) is 25.5. The molecule has 0 radical (unpaired) electrons. The van der Waals surface area contributed by atoms with Gasteiger partial charge in [0.2, 0.25) is 0 Å². The van der Waals surface area contributed by atoms with Crippen molar-refractivity contribution in [1.82, 2.24) is 0 Å². The van der Waals surface area contributed by atoms with Crippen LogP contribution in [0.1, 0.15) is 11.1 Å². The summed E-state index contributed by atoms with van der Waals surface area (Å²) in [6, 6.07) is 3.85. The van der Waals surface area contributed by atoms with Gasteiger partial charge in [0.25, 0.3) is 0 Å². The minimum Gasteiger partial charge on any atom is -0.489 e. The van der Waals surface area contributed by atoms with Gasteiger partial charge in [-0.3, -0.25) is 0 Å². The first-order chi connectivity index (χ1) is 12.3. The summed E-state index contributed by atoms with van der Waals surface area (Å²) in [6.45, 7) is 0.830. The summed E-state index contributed by atoms with van der Waals surface area (Å²) in [5.41, 5.74) is 2.16. The number of halogens is 8. The summed E-state index contributed by atoms with van der Waals surface area (Å²) in [6.07, 6.45) is 0. The molecular formula is C16H10Br8O2. The molecule has 2 aromatic carbocycles. The van der Waals surface area contributed by atoms with E-state index in [0.717, 1.165) is 49.5 Å². The Hall–Kier alpha value is 1.88. The monoisotopic (exact) mass is 865 g/mol. The van der Waals surface area contributed by atoms with Crippen molar-refractivity contribution in [2.75, 3.05) is 13.2 Å². The van der Waals surface area contributed by atoms with E-state index in [1.54, 1.807) is 0 Å². The summed E-state index contributed by atoms with van der Waals surface area (Å²) in [5.74, 6) is 1.52. The maximum Gasteiger partial charge on any atom is 0.135 e. The first-order valence-corrected chi connectivity index (χ1v) is 14.0. The highest BCUT2D eigenvalue weighted by Crippen LogP contribution is 2.41. The van der Waals surface area contributed by atoms with Gasteiger partial charge in [-0.1, -0.05) is 31.9 Å². The van der Waals surface area contributed by atoms with E-state index in [9.17, 15) is 0 Å². The van der Waals surface area contributed by atoms with Crippen LogP contribution in [0.4, 0.5) is 0 Å². The van der Waals surface area contributed by atoms with E-state index < -0.39 is 0 Å². The fraction of sp³-hybridized carbons (Fsp3) is 0.250. The molecule has 0 heterocycles. The Morgan fingerprint density at radius 3 is 1.23 bits per heavy atom. The van der Waals surface area contributed by atoms with Gasteiger partial charge < -0.3 is 9.47 Å². The Kier molecular flexibility index (Phi) is 10.5. The Morgan fingerprint density at radius 2 is 0.923 bits per heavy atom. The molecule has 10 heteroatoms. The van der Waals surface area contributed by atoms with Gasteiger partial charge >= 0.3 is 0 Å². The molecule has 0 aliphatic heterocycles. The highest BCUT2D eigenvalue weighted by atomic mass is 79.9. The van der Waals surface area contributed by atoms with Crippen molar-refractivity contribution in [1.29, 1.82) is 0 Å². The van der Waals surface area contributed by atoms with Crippen molar-refractivity contribution < 1.29 is 9.47 Å². The summed E-state index contributed by atoms with van der Waals surface area (Å²) in [7, 11) is 0. The fourth-order valence-corrected chi connectivity index (χ4v) is 8.10. The molecule has 0 spiro atoms. The van der Waals surface area contributed by atoms with Crippen LogP contribution in [0.25, 0.3) is 0 Å². The fourth-order valence-electron chi connectivity index (χ4n) is 2.01. The van der Waals surface area contributed by atoms with E-state index in [4.69, 9.17) is 9.47 Å². The minimum atomic E-state index is 0.415. The van der Waals surface area contributed by atoms with E-state index in [-0.39, 0.29) is 0 Å². The third-order valence-corrected chi connectivity index (χ3v) is 10.3. The van der Waals surface area contributed by atoms with E-state index >= 15 is 0 Å². The standard InChI is InChI=1S/C16H10Br8O2/c17-5-7-13(21)9(19)3-11(15(7)23)25-1-2-26-12-4-10(20)14(22)8(6-18)16(12)24/h3-4H,1-2,5-6H2. The summed E-state index contributed by atoms with van der Waals surface area (Å²) in [5, 5.41) is 1.41. The number of alkyl halides is 2. The third-order valence-electron chi connectivity index (χ3n) is 3.29. The Labute approximate surface area is 219 Å². The minimum absolute atomic E-state index is 0.415. The molecule has 2 rings (SSSR count). The molecule has 0 amide bonds. The quantitative estimate of drug-likeness (QED) is 0.157. The number of rotatable bonds is 7. The molecule has 0 N–H and O–H groups in total. The Bertz CT molecular complexity index is 742. The van der Waals surface area contributed by atoms with Gasteiger partial charge in [0.15, 0.2) is 0 Å². The molecule has 2 aromatic rings. The van der Waals surface area contributed by atoms with Gasteiger partial charge in [-0.15, -0.1) is 0 Å². The lowest BCUT2D eigenvalue weighted by Gasteiger charge is -2.16. The van der Waals surface area contributed by atoms with Gasteiger partial charge in [0.1, 0.15) is 24.7 Å². The van der Waals surface area contributed by atoms with Crippen LogP contribution in [0.5, 0.6) is 11.5 Å².